The summed E-state index contributed by atoms with van der Waals surface area (Å²) in [6.45, 7) is 5.86. The van der Waals surface area contributed by atoms with Crippen LogP contribution in [0.3, 0.4) is 0 Å². The maximum Gasteiger partial charge on any atom is 0.253 e. The Morgan fingerprint density at radius 2 is 1.85 bits per heavy atom. The minimum atomic E-state index is -0.0690. The maximum absolute atomic E-state index is 12.3. The largest absolute Gasteiger partial charge is 0.380 e. The number of halogens is 1. The van der Waals surface area contributed by atoms with Gasteiger partial charge in [0.05, 0.1) is 6.61 Å². The van der Waals surface area contributed by atoms with Crippen molar-refractivity contribution in [1.29, 1.82) is 0 Å². The number of ether oxygens (including phenoxy) is 1. The molecule has 0 aromatic heterocycles. The topological polar surface area (TPSA) is 55.6 Å². The quantitative estimate of drug-likeness (QED) is 0.877. The number of carbonyl (C=O) groups is 1. The van der Waals surface area contributed by atoms with Crippen LogP contribution in [0.15, 0.2) is 24.3 Å². The average molecular weight is 301 g/mol. The van der Waals surface area contributed by atoms with Crippen molar-refractivity contribution in [2.24, 2.45) is 11.1 Å². The molecule has 0 bridgehead atoms. The number of nitrogens with zero attached hydrogens (tertiary/aromatic N) is 1. The van der Waals surface area contributed by atoms with Crippen molar-refractivity contribution in [2.75, 3.05) is 27.2 Å². The highest BCUT2D eigenvalue weighted by Crippen LogP contribution is 2.16. The number of rotatable bonds is 6. The lowest BCUT2D eigenvalue weighted by Crippen LogP contribution is -2.39. The standard InChI is InChI=1S/C15H24N2O2.ClH/c1-15(2,10-16)11-17(3)14(18)13-7-5-12(6-8-13)9-19-4;/h5-8H,9-11,16H2,1-4H3;1H. The molecule has 0 fully saturated rings. The van der Waals surface area contributed by atoms with Crippen LogP contribution in [-0.4, -0.2) is 38.1 Å². The second-order valence-corrected chi connectivity index (χ2v) is 5.66. The van der Waals surface area contributed by atoms with E-state index in [-0.39, 0.29) is 23.7 Å². The van der Waals surface area contributed by atoms with Crippen molar-refractivity contribution in [2.45, 2.75) is 20.5 Å². The van der Waals surface area contributed by atoms with Gasteiger partial charge in [0.25, 0.3) is 5.91 Å². The van der Waals surface area contributed by atoms with Gasteiger partial charge in [-0.2, -0.15) is 0 Å². The molecule has 4 nitrogen and oxygen atoms in total. The molecule has 0 saturated carbocycles. The van der Waals surface area contributed by atoms with Crippen molar-refractivity contribution in [1.82, 2.24) is 4.90 Å². The SMILES string of the molecule is COCc1ccc(C(=O)N(C)CC(C)(C)CN)cc1.Cl. The van der Waals surface area contributed by atoms with Gasteiger partial charge in [0.1, 0.15) is 0 Å². The van der Waals surface area contributed by atoms with E-state index in [4.69, 9.17) is 10.5 Å². The van der Waals surface area contributed by atoms with Gasteiger partial charge in [-0.25, -0.2) is 0 Å². The van der Waals surface area contributed by atoms with Crippen molar-refractivity contribution in [3.63, 3.8) is 0 Å². The Morgan fingerprint density at radius 1 is 1.30 bits per heavy atom. The fourth-order valence-corrected chi connectivity index (χ4v) is 1.91. The molecular weight excluding hydrogens is 276 g/mol. The Kier molecular flexibility index (Phi) is 7.79. The second-order valence-electron chi connectivity index (χ2n) is 5.66. The van der Waals surface area contributed by atoms with Gasteiger partial charge in [-0.05, 0) is 29.7 Å². The zero-order valence-corrected chi connectivity index (χ0v) is 13.5. The molecule has 0 spiro atoms. The number of nitrogens with two attached hydrogens (primary N) is 1. The molecule has 0 unspecified atom stereocenters. The van der Waals surface area contributed by atoms with Gasteiger partial charge in [-0.15, -0.1) is 12.4 Å². The molecule has 1 amide bonds. The van der Waals surface area contributed by atoms with E-state index in [0.717, 1.165) is 5.56 Å². The van der Waals surface area contributed by atoms with E-state index in [9.17, 15) is 4.79 Å². The van der Waals surface area contributed by atoms with Crippen molar-refractivity contribution < 1.29 is 9.53 Å². The summed E-state index contributed by atoms with van der Waals surface area (Å²) in [5.74, 6) is 0.0190. The summed E-state index contributed by atoms with van der Waals surface area (Å²) in [6.07, 6.45) is 0. The molecule has 114 valence electrons. The number of carbonyl (C=O) groups excluding carboxylic acids is 1. The van der Waals surface area contributed by atoms with Gasteiger partial charge in [-0.3, -0.25) is 4.79 Å². The van der Waals surface area contributed by atoms with Crippen LogP contribution in [0.2, 0.25) is 0 Å². The Bertz CT molecular complexity index is 418. The Balaban J connectivity index is 0.00000361. The molecular formula is C15H25ClN2O2. The number of hydrogen-bond donors (Lipinski definition) is 1. The van der Waals surface area contributed by atoms with Gasteiger partial charge in [-0.1, -0.05) is 26.0 Å². The highest BCUT2D eigenvalue weighted by atomic mass is 35.5. The predicted molar refractivity (Wildman–Crippen MR) is 84.2 cm³/mol. The first-order valence-corrected chi connectivity index (χ1v) is 6.43. The van der Waals surface area contributed by atoms with E-state index in [2.05, 4.69) is 13.8 Å². The highest BCUT2D eigenvalue weighted by molar-refractivity contribution is 5.94. The Labute approximate surface area is 127 Å². The van der Waals surface area contributed by atoms with Crippen LogP contribution in [0.1, 0.15) is 29.8 Å². The van der Waals surface area contributed by atoms with Crippen LogP contribution in [0, 0.1) is 5.41 Å². The van der Waals surface area contributed by atoms with Gasteiger partial charge in [0.2, 0.25) is 0 Å². The lowest BCUT2D eigenvalue weighted by atomic mass is 9.93. The molecule has 0 aliphatic heterocycles. The van der Waals surface area contributed by atoms with Gasteiger partial charge >= 0.3 is 0 Å². The Hall–Kier alpha value is -1.10. The lowest BCUT2D eigenvalue weighted by molar-refractivity contribution is 0.0740. The van der Waals surface area contributed by atoms with Crippen molar-refractivity contribution >= 4 is 18.3 Å². The lowest BCUT2D eigenvalue weighted by Gasteiger charge is -2.29. The molecule has 1 aromatic carbocycles. The average Bonchev–Trinajstić information content (AvgIpc) is 2.38. The zero-order valence-electron chi connectivity index (χ0n) is 12.7. The fourth-order valence-electron chi connectivity index (χ4n) is 1.91. The summed E-state index contributed by atoms with van der Waals surface area (Å²) in [4.78, 5) is 14.0. The molecule has 0 saturated heterocycles. The number of amides is 1. The number of benzene rings is 1. The summed E-state index contributed by atoms with van der Waals surface area (Å²) in [5, 5.41) is 0. The third-order valence-electron chi connectivity index (χ3n) is 3.08. The fraction of sp³-hybridized carbons (Fsp3) is 0.533. The highest BCUT2D eigenvalue weighted by Gasteiger charge is 2.21. The van der Waals surface area contributed by atoms with E-state index in [1.165, 1.54) is 0 Å². The minimum absolute atomic E-state index is 0. The molecule has 0 atom stereocenters. The summed E-state index contributed by atoms with van der Waals surface area (Å²) in [5.41, 5.74) is 7.37. The number of methoxy groups -OCH3 is 1. The van der Waals surface area contributed by atoms with Crippen LogP contribution in [0.25, 0.3) is 0 Å². The van der Waals surface area contributed by atoms with Crippen LogP contribution >= 0.6 is 12.4 Å². The molecule has 0 aliphatic carbocycles. The van der Waals surface area contributed by atoms with E-state index in [0.29, 0.717) is 25.3 Å². The number of hydrogen-bond acceptors (Lipinski definition) is 3. The molecule has 5 heteroatoms. The molecule has 0 heterocycles. The van der Waals surface area contributed by atoms with E-state index in [1.54, 1.807) is 12.0 Å². The molecule has 0 radical (unpaired) electrons. The van der Waals surface area contributed by atoms with Gasteiger partial charge in [0, 0.05) is 26.3 Å². The van der Waals surface area contributed by atoms with Crippen LogP contribution < -0.4 is 5.73 Å². The summed E-state index contributed by atoms with van der Waals surface area (Å²) < 4.78 is 5.05. The third-order valence-corrected chi connectivity index (χ3v) is 3.08. The van der Waals surface area contributed by atoms with Crippen LogP contribution in [-0.2, 0) is 11.3 Å². The Morgan fingerprint density at radius 3 is 2.30 bits per heavy atom. The van der Waals surface area contributed by atoms with E-state index >= 15 is 0 Å². The minimum Gasteiger partial charge on any atom is -0.380 e. The van der Waals surface area contributed by atoms with Crippen LogP contribution in [0.5, 0.6) is 0 Å². The van der Waals surface area contributed by atoms with Crippen molar-refractivity contribution in [3.05, 3.63) is 35.4 Å². The first-order valence-electron chi connectivity index (χ1n) is 6.43. The molecule has 0 aliphatic rings. The molecule has 1 rings (SSSR count). The van der Waals surface area contributed by atoms with Gasteiger partial charge in [0.15, 0.2) is 0 Å². The third kappa shape index (κ3) is 5.49. The summed E-state index contributed by atoms with van der Waals surface area (Å²) in [7, 11) is 3.46. The van der Waals surface area contributed by atoms with E-state index < -0.39 is 0 Å². The monoisotopic (exact) mass is 300 g/mol. The summed E-state index contributed by atoms with van der Waals surface area (Å²) in [6, 6.07) is 7.50. The smallest absolute Gasteiger partial charge is 0.253 e. The predicted octanol–water partition coefficient (Wildman–Crippen LogP) is 2.31. The van der Waals surface area contributed by atoms with Crippen LogP contribution in [0.4, 0.5) is 0 Å². The molecule has 2 N–H and O–H groups in total. The van der Waals surface area contributed by atoms with E-state index in [1.807, 2.05) is 31.3 Å². The molecule has 20 heavy (non-hydrogen) atoms. The zero-order chi connectivity index (χ0) is 14.5. The second kappa shape index (κ2) is 8.25. The van der Waals surface area contributed by atoms with Crippen molar-refractivity contribution in [3.8, 4) is 0 Å². The maximum atomic E-state index is 12.3. The normalized spacial score (nSPS) is 10.8. The van der Waals surface area contributed by atoms with Gasteiger partial charge < -0.3 is 15.4 Å². The first-order chi connectivity index (χ1) is 8.89. The summed E-state index contributed by atoms with van der Waals surface area (Å²) >= 11 is 0. The molecule has 1 aromatic rings. The first kappa shape index (κ1) is 18.9.